The molecule has 2 aliphatic carbocycles. The predicted molar refractivity (Wildman–Crippen MR) is 178 cm³/mol. The van der Waals surface area contributed by atoms with Gasteiger partial charge in [0.1, 0.15) is 11.3 Å². The number of benzene rings is 5. The highest BCUT2D eigenvalue weighted by Crippen LogP contribution is 2.57. The highest BCUT2D eigenvalue weighted by atomic mass is 16.5. The fraction of sp³-hybridized carbons (Fsp3) is 0.268. The highest BCUT2D eigenvalue weighted by Gasteiger charge is 2.57. The van der Waals surface area contributed by atoms with E-state index in [2.05, 4.69) is 103 Å². The van der Waals surface area contributed by atoms with Gasteiger partial charge in [0, 0.05) is 22.4 Å². The summed E-state index contributed by atoms with van der Waals surface area (Å²) in [4.78, 5) is 0. The monoisotopic (exact) mass is 574 g/mol. The third-order valence-electron chi connectivity index (χ3n) is 11.4. The van der Waals surface area contributed by atoms with Crippen molar-refractivity contribution in [1.82, 2.24) is 0 Å². The number of aliphatic hydroxyl groups excluding tert-OH is 1. The first-order valence-electron chi connectivity index (χ1n) is 16.3. The Hall–Kier alpha value is -4.18. The molecule has 6 atom stereocenters. The average Bonchev–Trinajstić information content (AvgIpc) is 3.42. The molecule has 5 aromatic carbocycles. The van der Waals surface area contributed by atoms with Crippen LogP contribution in [-0.2, 0) is 11.2 Å². The number of ether oxygens (including phenoxy) is 1. The zero-order valence-electron chi connectivity index (χ0n) is 24.6. The molecule has 3 bridgehead atoms. The Balaban J connectivity index is 1.13. The van der Waals surface area contributed by atoms with E-state index >= 15 is 0 Å². The third kappa shape index (κ3) is 3.46. The van der Waals surface area contributed by atoms with Crippen molar-refractivity contribution in [3.63, 3.8) is 0 Å². The molecule has 6 unspecified atom stereocenters. The van der Waals surface area contributed by atoms with E-state index in [1.165, 1.54) is 54.7 Å². The molecule has 3 fully saturated rings. The van der Waals surface area contributed by atoms with Gasteiger partial charge in [0.2, 0.25) is 0 Å². The Morgan fingerprint density at radius 2 is 1.36 bits per heavy atom. The van der Waals surface area contributed by atoms with Crippen molar-refractivity contribution in [1.29, 1.82) is 0 Å². The maximum Gasteiger partial charge on any atom is 0.142 e. The number of aryl methyl sites for hydroxylation is 1. The van der Waals surface area contributed by atoms with Crippen LogP contribution in [0.1, 0.15) is 48.5 Å². The number of hydrogen-bond donors (Lipinski definition) is 1. The lowest BCUT2D eigenvalue weighted by atomic mass is 9.72. The van der Waals surface area contributed by atoms with Crippen LogP contribution in [0.4, 0.5) is 0 Å². The number of furan rings is 1. The van der Waals surface area contributed by atoms with Gasteiger partial charge in [-0.15, -0.1) is 0 Å². The summed E-state index contributed by atoms with van der Waals surface area (Å²) in [6, 6.07) is 33.6. The normalized spacial score (nSPS) is 27.0. The van der Waals surface area contributed by atoms with Crippen molar-refractivity contribution >= 4 is 38.6 Å². The Kier molecular flexibility index (Phi) is 5.38. The van der Waals surface area contributed by atoms with Gasteiger partial charge in [0.05, 0.1) is 18.3 Å². The van der Waals surface area contributed by atoms with Gasteiger partial charge in [0.25, 0.3) is 0 Å². The van der Waals surface area contributed by atoms with E-state index in [0.717, 1.165) is 49.0 Å². The molecular formula is C41H34O3. The van der Waals surface area contributed by atoms with Gasteiger partial charge in [-0.1, -0.05) is 97.1 Å². The summed E-state index contributed by atoms with van der Waals surface area (Å²) >= 11 is 0. The number of aliphatic hydroxyl groups is 1. The van der Waals surface area contributed by atoms with Crippen molar-refractivity contribution in [2.75, 3.05) is 0 Å². The largest absolute Gasteiger partial charge is 0.456 e. The summed E-state index contributed by atoms with van der Waals surface area (Å²) in [5, 5.41) is 17.6. The van der Waals surface area contributed by atoms with Crippen LogP contribution in [0.2, 0.25) is 0 Å². The molecule has 4 aliphatic rings. The van der Waals surface area contributed by atoms with Gasteiger partial charge in [-0.25, -0.2) is 0 Å². The van der Waals surface area contributed by atoms with E-state index in [-0.39, 0.29) is 18.3 Å². The van der Waals surface area contributed by atoms with Gasteiger partial charge in [0.15, 0.2) is 0 Å². The summed E-state index contributed by atoms with van der Waals surface area (Å²) < 4.78 is 12.8. The fourth-order valence-corrected chi connectivity index (χ4v) is 9.44. The van der Waals surface area contributed by atoms with Crippen molar-refractivity contribution in [2.45, 2.75) is 56.3 Å². The van der Waals surface area contributed by atoms with Gasteiger partial charge >= 0.3 is 0 Å². The van der Waals surface area contributed by atoms with Gasteiger partial charge < -0.3 is 14.3 Å². The molecule has 2 aliphatic heterocycles. The molecular weight excluding hydrogens is 540 g/mol. The summed E-state index contributed by atoms with van der Waals surface area (Å²) in [5.74, 6) is 2.06. The molecule has 10 rings (SSSR count). The predicted octanol–water partition coefficient (Wildman–Crippen LogP) is 9.67. The van der Waals surface area contributed by atoms with Crippen LogP contribution in [0.25, 0.3) is 60.8 Å². The van der Waals surface area contributed by atoms with Crippen LogP contribution < -0.4 is 0 Å². The quantitative estimate of drug-likeness (QED) is 0.214. The summed E-state index contributed by atoms with van der Waals surface area (Å²) in [6.45, 7) is 0. The molecule has 44 heavy (non-hydrogen) atoms. The lowest BCUT2D eigenvalue weighted by Gasteiger charge is -2.38. The van der Waals surface area contributed by atoms with E-state index in [1.807, 2.05) is 0 Å². The second-order valence-electron chi connectivity index (χ2n) is 13.4. The van der Waals surface area contributed by atoms with E-state index in [0.29, 0.717) is 17.8 Å². The van der Waals surface area contributed by atoms with Gasteiger partial charge in [-0.3, -0.25) is 0 Å². The van der Waals surface area contributed by atoms with Crippen molar-refractivity contribution in [3.05, 3.63) is 114 Å². The Labute approximate surface area is 256 Å². The number of fused-ring (bicyclic) bond motifs is 8. The number of hydrogen-bond acceptors (Lipinski definition) is 3. The zero-order chi connectivity index (χ0) is 28.9. The van der Waals surface area contributed by atoms with Gasteiger partial charge in [-0.2, -0.15) is 0 Å². The summed E-state index contributed by atoms with van der Waals surface area (Å²) in [5.41, 5.74) is 8.62. The highest BCUT2D eigenvalue weighted by molar-refractivity contribution is 6.15. The van der Waals surface area contributed by atoms with Crippen molar-refractivity contribution < 1.29 is 14.3 Å². The van der Waals surface area contributed by atoms with E-state index in [9.17, 15) is 5.11 Å². The third-order valence-corrected chi connectivity index (χ3v) is 11.4. The molecule has 6 aromatic rings. The molecule has 3 heteroatoms. The first-order chi connectivity index (χ1) is 21.7. The Morgan fingerprint density at radius 3 is 2.14 bits per heavy atom. The van der Waals surface area contributed by atoms with Crippen LogP contribution >= 0.6 is 0 Å². The van der Waals surface area contributed by atoms with Crippen LogP contribution in [0.3, 0.4) is 0 Å². The molecule has 2 saturated heterocycles. The minimum atomic E-state index is -0.312. The molecule has 0 spiro atoms. The standard InChI is InChI=1S/C41H34O3/c42-39-33-21-20-32-34(22-36(33)44-41(32)39)38-29-11-3-1-9-27(29)37(28-10-2-4-12-30(28)38)24-18-16-23(17-19-24)25-13-7-14-31-26-8-5-6-15-35(26)43-40(25)31/h1-4,6-7,9-19,32-34,36,39,41-42H,5,8,20-22H2. The molecule has 3 nitrogen and oxygen atoms in total. The van der Waals surface area contributed by atoms with Crippen LogP contribution in [0.5, 0.6) is 0 Å². The first-order valence-corrected chi connectivity index (χ1v) is 16.3. The summed E-state index contributed by atoms with van der Waals surface area (Å²) in [7, 11) is 0. The number of para-hydroxylation sites is 1. The van der Waals surface area contributed by atoms with Crippen LogP contribution in [-0.4, -0.2) is 23.4 Å². The van der Waals surface area contributed by atoms with Crippen molar-refractivity contribution in [3.8, 4) is 22.3 Å². The molecule has 0 radical (unpaired) electrons. The number of rotatable bonds is 3. The second-order valence-corrected chi connectivity index (χ2v) is 13.4. The molecule has 3 heterocycles. The maximum absolute atomic E-state index is 11.0. The smallest absolute Gasteiger partial charge is 0.142 e. The maximum atomic E-state index is 11.0. The average molecular weight is 575 g/mol. The van der Waals surface area contributed by atoms with Gasteiger partial charge in [-0.05, 0) is 93.8 Å². The van der Waals surface area contributed by atoms with Crippen molar-refractivity contribution in [2.24, 2.45) is 11.8 Å². The second kappa shape index (κ2) is 9.41. The lowest BCUT2D eigenvalue weighted by molar-refractivity contribution is -0.0689. The lowest BCUT2D eigenvalue weighted by Crippen LogP contribution is -2.40. The fourth-order valence-electron chi connectivity index (χ4n) is 9.44. The van der Waals surface area contributed by atoms with Crippen LogP contribution in [0, 0.1) is 11.8 Å². The Bertz CT molecular complexity index is 2080. The van der Waals surface area contributed by atoms with E-state index < -0.39 is 0 Å². The Morgan fingerprint density at radius 1 is 0.682 bits per heavy atom. The molecule has 1 aromatic heterocycles. The van der Waals surface area contributed by atoms with E-state index in [1.54, 1.807) is 0 Å². The number of allylic oxidation sites excluding steroid dienone is 1. The molecule has 1 saturated carbocycles. The zero-order valence-corrected chi connectivity index (χ0v) is 24.6. The first kappa shape index (κ1) is 25.2. The summed E-state index contributed by atoms with van der Waals surface area (Å²) in [6.07, 6.45) is 9.50. The molecule has 1 N–H and O–H groups in total. The SMILES string of the molecule is OC1C2CCC3C(c4c5ccccc5c(-c5ccc(-c6cccc7c8c(oc67)C=CCC8)cc5)c5ccccc45)CC2OC13. The van der Waals surface area contributed by atoms with E-state index in [4.69, 9.17) is 9.15 Å². The van der Waals surface area contributed by atoms with Crippen LogP contribution in [0.15, 0.2) is 101 Å². The molecule has 216 valence electrons. The minimum absolute atomic E-state index is 0.0255. The topological polar surface area (TPSA) is 42.6 Å². The minimum Gasteiger partial charge on any atom is -0.456 e. The molecule has 0 amide bonds.